The SMILES string of the molecule is COc1cccc(CCNC(=O)c2csc3nc(-c4ccc(C)cc4)cn23)c1. The second-order valence-electron chi connectivity index (χ2n) is 6.62. The summed E-state index contributed by atoms with van der Waals surface area (Å²) in [6, 6.07) is 16.1. The van der Waals surface area contributed by atoms with E-state index >= 15 is 0 Å². The molecule has 2 aromatic carbocycles. The second-order valence-corrected chi connectivity index (χ2v) is 7.46. The number of carbonyl (C=O) groups is 1. The van der Waals surface area contributed by atoms with Gasteiger partial charge in [0, 0.05) is 23.7 Å². The highest BCUT2D eigenvalue weighted by molar-refractivity contribution is 7.15. The average molecular weight is 391 g/mol. The minimum Gasteiger partial charge on any atom is -0.497 e. The molecule has 2 aromatic heterocycles. The number of benzene rings is 2. The third-order valence-corrected chi connectivity index (χ3v) is 5.46. The first-order valence-corrected chi connectivity index (χ1v) is 9.97. The van der Waals surface area contributed by atoms with Crippen LogP contribution in [0.5, 0.6) is 5.75 Å². The van der Waals surface area contributed by atoms with Gasteiger partial charge in [-0.25, -0.2) is 4.98 Å². The lowest BCUT2D eigenvalue weighted by molar-refractivity contribution is 0.0948. The van der Waals surface area contributed by atoms with Gasteiger partial charge in [0.15, 0.2) is 4.96 Å². The molecule has 2 heterocycles. The first-order chi connectivity index (χ1) is 13.6. The van der Waals surface area contributed by atoms with Crippen LogP contribution in [-0.2, 0) is 6.42 Å². The Kier molecular flexibility index (Phi) is 5.12. The molecule has 0 aliphatic carbocycles. The fourth-order valence-corrected chi connectivity index (χ4v) is 3.90. The average Bonchev–Trinajstić information content (AvgIpc) is 3.29. The van der Waals surface area contributed by atoms with E-state index in [-0.39, 0.29) is 5.91 Å². The van der Waals surface area contributed by atoms with Gasteiger partial charge in [0.05, 0.1) is 12.8 Å². The van der Waals surface area contributed by atoms with Crippen LogP contribution in [0, 0.1) is 6.92 Å². The minimum atomic E-state index is -0.0954. The Morgan fingerprint density at radius 1 is 1.21 bits per heavy atom. The standard InChI is InChI=1S/C22H21N3O2S/c1-15-6-8-17(9-7-15)19-13-25-20(14-28-22(25)24-19)21(26)23-11-10-16-4-3-5-18(12-16)27-2/h3-9,12-14H,10-11H2,1-2H3,(H,23,26). The monoisotopic (exact) mass is 391 g/mol. The molecule has 0 aliphatic heterocycles. The summed E-state index contributed by atoms with van der Waals surface area (Å²) >= 11 is 1.47. The van der Waals surface area contributed by atoms with Crippen molar-refractivity contribution in [2.75, 3.05) is 13.7 Å². The third kappa shape index (κ3) is 3.77. The maximum absolute atomic E-state index is 12.6. The Morgan fingerprint density at radius 3 is 2.82 bits per heavy atom. The molecule has 0 fully saturated rings. The van der Waals surface area contributed by atoms with E-state index in [0.717, 1.165) is 34.0 Å². The predicted octanol–water partition coefficient (Wildman–Crippen LogP) is 4.35. The summed E-state index contributed by atoms with van der Waals surface area (Å²) in [5.41, 5.74) is 4.86. The zero-order valence-corrected chi connectivity index (χ0v) is 16.6. The fourth-order valence-electron chi connectivity index (χ4n) is 3.05. The van der Waals surface area contributed by atoms with E-state index in [9.17, 15) is 4.79 Å². The van der Waals surface area contributed by atoms with Gasteiger partial charge in [-0.05, 0) is 31.0 Å². The Hall–Kier alpha value is -3.12. The first kappa shape index (κ1) is 18.3. The number of imidazole rings is 1. The molecule has 0 saturated carbocycles. The van der Waals surface area contributed by atoms with Gasteiger partial charge in [0.2, 0.25) is 0 Å². The summed E-state index contributed by atoms with van der Waals surface area (Å²) in [6.45, 7) is 2.62. The van der Waals surface area contributed by atoms with Crippen molar-refractivity contribution in [2.45, 2.75) is 13.3 Å². The second kappa shape index (κ2) is 7.86. The number of nitrogens with one attached hydrogen (secondary N) is 1. The molecule has 4 aromatic rings. The quantitative estimate of drug-likeness (QED) is 0.532. The van der Waals surface area contributed by atoms with Gasteiger partial charge in [0.1, 0.15) is 11.4 Å². The maximum atomic E-state index is 12.6. The van der Waals surface area contributed by atoms with Crippen molar-refractivity contribution < 1.29 is 9.53 Å². The lowest BCUT2D eigenvalue weighted by atomic mass is 10.1. The molecular weight excluding hydrogens is 370 g/mol. The summed E-state index contributed by atoms with van der Waals surface area (Å²) in [4.78, 5) is 18.1. The number of thiazole rings is 1. The lowest BCUT2D eigenvalue weighted by Gasteiger charge is -2.06. The molecule has 4 rings (SSSR count). The topological polar surface area (TPSA) is 55.6 Å². The van der Waals surface area contributed by atoms with Gasteiger partial charge in [0.25, 0.3) is 5.91 Å². The number of aryl methyl sites for hydroxylation is 1. The maximum Gasteiger partial charge on any atom is 0.269 e. The van der Waals surface area contributed by atoms with E-state index < -0.39 is 0 Å². The van der Waals surface area contributed by atoms with Crippen LogP contribution in [0.25, 0.3) is 16.2 Å². The van der Waals surface area contributed by atoms with Gasteiger partial charge in [-0.2, -0.15) is 0 Å². The molecule has 5 nitrogen and oxygen atoms in total. The number of ether oxygens (including phenoxy) is 1. The van der Waals surface area contributed by atoms with Crippen molar-refractivity contribution in [3.8, 4) is 17.0 Å². The number of rotatable bonds is 6. The van der Waals surface area contributed by atoms with Crippen LogP contribution in [0.1, 0.15) is 21.6 Å². The molecule has 0 bridgehead atoms. The number of hydrogen-bond acceptors (Lipinski definition) is 4. The van der Waals surface area contributed by atoms with Gasteiger partial charge in [-0.15, -0.1) is 11.3 Å². The predicted molar refractivity (Wildman–Crippen MR) is 112 cm³/mol. The largest absolute Gasteiger partial charge is 0.497 e. The van der Waals surface area contributed by atoms with E-state index in [1.54, 1.807) is 7.11 Å². The van der Waals surface area contributed by atoms with E-state index in [0.29, 0.717) is 12.2 Å². The van der Waals surface area contributed by atoms with Crippen LogP contribution in [0.3, 0.4) is 0 Å². The summed E-state index contributed by atoms with van der Waals surface area (Å²) < 4.78 is 7.10. The van der Waals surface area contributed by atoms with Crippen LogP contribution in [-0.4, -0.2) is 28.9 Å². The number of aromatic nitrogens is 2. The van der Waals surface area contributed by atoms with Gasteiger partial charge < -0.3 is 10.1 Å². The highest BCUT2D eigenvalue weighted by Gasteiger charge is 2.15. The van der Waals surface area contributed by atoms with Gasteiger partial charge in [-0.3, -0.25) is 9.20 Å². The molecule has 1 N–H and O–H groups in total. The molecular formula is C22H21N3O2S. The molecule has 1 amide bonds. The number of amides is 1. The van der Waals surface area contributed by atoms with E-state index in [4.69, 9.17) is 4.74 Å². The summed E-state index contributed by atoms with van der Waals surface area (Å²) in [5.74, 6) is 0.729. The molecule has 6 heteroatoms. The molecule has 0 spiro atoms. The Balaban J connectivity index is 1.46. The normalized spacial score (nSPS) is 10.9. The Labute approximate surface area is 167 Å². The number of methoxy groups -OCH3 is 1. The highest BCUT2D eigenvalue weighted by Crippen LogP contribution is 2.24. The van der Waals surface area contributed by atoms with Crippen molar-refractivity contribution in [2.24, 2.45) is 0 Å². The molecule has 142 valence electrons. The third-order valence-electron chi connectivity index (χ3n) is 4.62. The number of carbonyl (C=O) groups excluding carboxylic acids is 1. The van der Waals surface area contributed by atoms with Crippen LogP contribution < -0.4 is 10.1 Å². The van der Waals surface area contributed by atoms with Gasteiger partial charge in [-0.1, -0.05) is 42.0 Å². The van der Waals surface area contributed by atoms with Crippen molar-refractivity contribution in [1.82, 2.24) is 14.7 Å². The summed E-state index contributed by atoms with van der Waals surface area (Å²) in [7, 11) is 1.65. The van der Waals surface area contributed by atoms with Crippen molar-refractivity contribution >= 4 is 22.2 Å². The molecule has 0 saturated heterocycles. The number of hydrogen-bond donors (Lipinski definition) is 1. The van der Waals surface area contributed by atoms with Crippen LogP contribution in [0.4, 0.5) is 0 Å². The summed E-state index contributed by atoms with van der Waals surface area (Å²) in [5, 5.41) is 4.85. The Morgan fingerprint density at radius 2 is 2.04 bits per heavy atom. The number of nitrogens with zero attached hydrogens (tertiary/aromatic N) is 2. The minimum absolute atomic E-state index is 0.0954. The van der Waals surface area contributed by atoms with Crippen molar-refractivity contribution in [3.05, 3.63) is 76.9 Å². The first-order valence-electron chi connectivity index (χ1n) is 9.09. The van der Waals surface area contributed by atoms with Crippen molar-refractivity contribution in [1.29, 1.82) is 0 Å². The zero-order chi connectivity index (χ0) is 19.5. The van der Waals surface area contributed by atoms with E-state index in [2.05, 4.69) is 41.5 Å². The molecule has 0 aliphatic rings. The van der Waals surface area contributed by atoms with Crippen molar-refractivity contribution in [3.63, 3.8) is 0 Å². The molecule has 28 heavy (non-hydrogen) atoms. The lowest BCUT2D eigenvalue weighted by Crippen LogP contribution is -2.26. The molecule has 0 radical (unpaired) electrons. The summed E-state index contributed by atoms with van der Waals surface area (Å²) in [6.07, 6.45) is 2.67. The van der Waals surface area contributed by atoms with Crippen LogP contribution in [0.15, 0.2) is 60.1 Å². The van der Waals surface area contributed by atoms with Crippen LogP contribution >= 0.6 is 11.3 Å². The van der Waals surface area contributed by atoms with Gasteiger partial charge >= 0.3 is 0 Å². The molecule has 0 unspecified atom stereocenters. The Bertz CT molecular complexity index is 1110. The fraction of sp³-hybridized carbons (Fsp3) is 0.182. The van der Waals surface area contributed by atoms with E-state index in [1.165, 1.54) is 16.9 Å². The molecule has 0 atom stereocenters. The smallest absolute Gasteiger partial charge is 0.269 e. The van der Waals surface area contributed by atoms with Crippen LogP contribution in [0.2, 0.25) is 0 Å². The highest BCUT2D eigenvalue weighted by atomic mass is 32.1. The number of fused-ring (bicyclic) bond motifs is 1. The zero-order valence-electron chi connectivity index (χ0n) is 15.8. The van der Waals surface area contributed by atoms with E-state index in [1.807, 2.05) is 40.2 Å².